The Bertz CT molecular complexity index is 4570. The van der Waals surface area contributed by atoms with Crippen molar-refractivity contribution in [1.82, 2.24) is 59.8 Å². The number of nitrogens with zero attached hydrogens (tertiary/aromatic N) is 12. The summed E-state index contributed by atoms with van der Waals surface area (Å²) in [6.07, 6.45) is 9.61. The van der Waals surface area contributed by atoms with Crippen LogP contribution in [0.2, 0.25) is 0 Å². The molecule has 10 aromatic rings. The molecule has 6 aromatic carbocycles. The largest absolute Gasteiger partial charge is 0.508 e. The van der Waals surface area contributed by atoms with Crippen LogP contribution in [0.25, 0.3) is 0 Å². The Labute approximate surface area is 619 Å². The number of aromatic hydroxyl groups is 6. The van der Waals surface area contributed by atoms with Crippen molar-refractivity contribution in [2.45, 2.75) is 155 Å². The first-order valence-corrected chi connectivity index (χ1v) is 36.2. The van der Waals surface area contributed by atoms with Crippen molar-refractivity contribution in [3.8, 4) is 34.5 Å². The zero-order chi connectivity index (χ0) is 76.5. The second-order valence-corrected chi connectivity index (χ2v) is 26.1. The van der Waals surface area contributed by atoms with Crippen molar-refractivity contribution in [3.05, 3.63) is 188 Å². The molecule has 19 N–H and O–H groups in total. The summed E-state index contributed by atoms with van der Waals surface area (Å²) in [5.74, 6) is 1.18. The van der Waals surface area contributed by atoms with E-state index in [0.717, 1.165) is 24.0 Å². The number of hydrogen-bond acceptors (Lipinski definition) is 30. The number of carbonyl (C=O) groups excluding carboxylic acids is 2. The number of carbonyl (C=O) groups is 2. The van der Waals surface area contributed by atoms with Crippen LogP contribution in [-0.2, 0) is 35.0 Å². The van der Waals surface area contributed by atoms with E-state index in [0.29, 0.717) is 115 Å². The van der Waals surface area contributed by atoms with Gasteiger partial charge in [-0.15, -0.1) is 0 Å². The van der Waals surface area contributed by atoms with Crippen LogP contribution in [-0.4, -0.2) is 122 Å². The van der Waals surface area contributed by atoms with Crippen molar-refractivity contribution in [3.63, 3.8) is 0 Å². The number of fused-ring (bicyclic) bond motifs is 6. The van der Waals surface area contributed by atoms with Gasteiger partial charge in [0.05, 0.1) is 11.1 Å². The van der Waals surface area contributed by atoms with Crippen LogP contribution in [0, 0.1) is 0 Å². The maximum atomic E-state index is 12.5. The third-order valence-corrected chi connectivity index (χ3v) is 19.3. The first kappa shape index (κ1) is 75.7. The molecular weight excluding hydrogens is 1360 g/mol. The summed E-state index contributed by atoms with van der Waals surface area (Å²) in [6, 6.07) is 30.2. The van der Waals surface area contributed by atoms with E-state index in [4.69, 9.17) is 57.1 Å². The van der Waals surface area contributed by atoms with Crippen LogP contribution < -0.4 is 54.4 Å². The second-order valence-electron chi connectivity index (χ2n) is 26.1. The minimum Gasteiger partial charge on any atom is -0.508 e. The van der Waals surface area contributed by atoms with Gasteiger partial charge in [-0.3, -0.25) is 9.59 Å². The molecule has 4 aliphatic rings. The Hall–Kier alpha value is -12.5. The predicted octanol–water partition coefficient (Wildman–Crippen LogP) is 11.6. The zero-order valence-corrected chi connectivity index (χ0v) is 61.4. The molecule has 107 heavy (non-hydrogen) atoms. The average Bonchev–Trinajstić information content (AvgIpc) is 0.965. The van der Waals surface area contributed by atoms with Gasteiger partial charge in [0.1, 0.15) is 46.1 Å². The summed E-state index contributed by atoms with van der Waals surface area (Å²) in [5, 5.41) is 93.3. The number of phenols is 6. The number of anilines is 10. The number of phenolic OH excluding ortho intramolecular Hbond substituents is 6. The molecule has 0 aliphatic heterocycles. The molecule has 558 valence electrons. The highest BCUT2D eigenvalue weighted by Gasteiger charge is 2.56. The normalized spacial score (nSPS) is 16.2. The van der Waals surface area contributed by atoms with Gasteiger partial charge in [-0.05, 0) is 107 Å². The number of hydrogen-bond donors (Lipinski definition) is 16. The number of nitrogen functional groups attached to an aromatic ring is 3. The summed E-state index contributed by atoms with van der Waals surface area (Å²) in [4.78, 5) is 79.3. The molecule has 0 spiro atoms. The van der Waals surface area contributed by atoms with Crippen molar-refractivity contribution >= 4 is 71.0 Å². The Morgan fingerprint density at radius 2 is 0.617 bits per heavy atom. The highest BCUT2D eigenvalue weighted by atomic mass is 16.3. The molecule has 30 nitrogen and oxygen atoms in total. The summed E-state index contributed by atoms with van der Waals surface area (Å²) in [5.41, 5.74) is 15.5. The molecule has 0 radical (unpaired) electrons. The smallest absolute Gasteiger partial charge is 0.231 e. The fourth-order valence-electron chi connectivity index (χ4n) is 14.6. The van der Waals surface area contributed by atoms with Gasteiger partial charge in [-0.25, -0.2) is 4.98 Å². The average molecular weight is 1450 g/mol. The number of benzene rings is 6. The van der Waals surface area contributed by atoms with Gasteiger partial charge in [0.25, 0.3) is 0 Å². The molecular formula is C77H92N22O8. The van der Waals surface area contributed by atoms with Gasteiger partial charge < -0.3 is 85.1 Å². The van der Waals surface area contributed by atoms with E-state index in [1.807, 2.05) is 57.2 Å². The molecule has 4 heterocycles. The molecule has 0 amide bonds. The standard InChI is InChI=1S/C57H72N16O4.C14H8O4.C3H6N6.C3H6/c1-10-23-41-61-42(24-11-2)63-50(62-41)70-56(35-27-21-29-37(74)43(35)54(12-3,13-4)33-25-19-31-39(76)45(33)56)72-52-67-49(60-18-9)68-53(69-52)73-57(71-51-65-47(58-16-7)64-48(66-51)59-17-8)36-28-22-30-38(75)44(36)55(14-5,15-6)34-26-20-32-40(77)46(34)57;15-9-5-1-3-7-11(9)14(18)8-4-2-6-10(16)12(8)13(7)17;4-1-7-2(5)9-3(6)8-1;1-2-3-1/h19-22,25-32,74-77H,10-18,23-24H2,1-9H3,(H,61,62,63,70)(H3,58,59,64,65,66,71)(H3,60,67,68,69,72,73);1-6,15-16H;(H6,4,5,6,7,8,9);1-3H2. The third kappa shape index (κ3) is 14.6. The van der Waals surface area contributed by atoms with Gasteiger partial charge in [0.15, 0.2) is 22.9 Å². The Morgan fingerprint density at radius 1 is 0.336 bits per heavy atom. The van der Waals surface area contributed by atoms with E-state index in [-0.39, 0.29) is 104 Å². The predicted molar refractivity (Wildman–Crippen MR) is 411 cm³/mol. The van der Waals surface area contributed by atoms with Crippen molar-refractivity contribution in [2.24, 2.45) is 0 Å². The molecule has 4 aliphatic carbocycles. The van der Waals surface area contributed by atoms with Crippen LogP contribution in [0.5, 0.6) is 34.5 Å². The van der Waals surface area contributed by atoms with Gasteiger partial charge in [-0.1, -0.05) is 134 Å². The van der Waals surface area contributed by atoms with E-state index in [1.165, 1.54) is 55.7 Å². The van der Waals surface area contributed by atoms with Crippen LogP contribution in [0.1, 0.15) is 208 Å². The lowest BCUT2D eigenvalue weighted by Gasteiger charge is -2.50. The fraction of sp³-hybridized carbons (Fsp3) is 0.351. The Morgan fingerprint density at radius 3 is 0.925 bits per heavy atom. The number of nitrogens with one attached hydrogen (secondary N) is 7. The lowest BCUT2D eigenvalue weighted by atomic mass is 9.60. The van der Waals surface area contributed by atoms with E-state index in [9.17, 15) is 40.2 Å². The number of ketones is 2. The Kier molecular flexibility index (Phi) is 22.5. The van der Waals surface area contributed by atoms with Crippen molar-refractivity contribution in [2.75, 3.05) is 74.1 Å². The summed E-state index contributed by atoms with van der Waals surface area (Å²) in [7, 11) is 0. The van der Waals surface area contributed by atoms with Crippen molar-refractivity contribution in [1.29, 1.82) is 0 Å². The van der Waals surface area contributed by atoms with E-state index in [1.54, 1.807) is 36.4 Å². The summed E-state index contributed by atoms with van der Waals surface area (Å²) >= 11 is 0. The molecule has 1 fully saturated rings. The van der Waals surface area contributed by atoms with E-state index < -0.39 is 33.7 Å². The van der Waals surface area contributed by atoms with Gasteiger partial charge in [0.2, 0.25) is 59.5 Å². The minimum atomic E-state index is -1.73. The quantitative estimate of drug-likeness (QED) is 0.0280. The topological polar surface area (TPSA) is 472 Å². The van der Waals surface area contributed by atoms with Crippen molar-refractivity contribution < 1.29 is 40.2 Å². The maximum Gasteiger partial charge on any atom is 0.231 e. The van der Waals surface area contributed by atoms with Crippen LogP contribution >= 0.6 is 0 Å². The fourth-order valence-corrected chi connectivity index (χ4v) is 14.6. The van der Waals surface area contributed by atoms with E-state index >= 15 is 0 Å². The molecule has 1 saturated carbocycles. The molecule has 14 rings (SSSR count). The lowest BCUT2D eigenvalue weighted by Crippen LogP contribution is -2.53. The number of aromatic nitrogens is 12. The SMILES string of the molecule is C1CC1.CCCc1nc(CCC)nc(NC2(Nc3nc(NCC)nc(NC4(Nc5nc(NCC)nc(NCC)n5)c5cccc(O)c5C(CC)(CC)c5cccc(O)c54)n3)c3cccc(O)c3C(CC)(CC)c3cccc(O)c32)n1.Nc1nc(N)nc(N)n1.O=C1c2cccc(O)c2C(=O)c2cccc(O)c21. The molecule has 2 atom stereocenters. The maximum absolute atomic E-state index is 12.5. The van der Waals surface area contributed by atoms with Crippen LogP contribution in [0.4, 0.5) is 59.5 Å². The monoisotopic (exact) mass is 1450 g/mol. The summed E-state index contributed by atoms with van der Waals surface area (Å²) < 4.78 is 0. The Balaban J connectivity index is 0.000000310. The highest BCUT2D eigenvalue weighted by molar-refractivity contribution is 6.30. The lowest BCUT2D eigenvalue weighted by molar-refractivity contribution is 0.0974. The summed E-state index contributed by atoms with van der Waals surface area (Å²) in [6.45, 7) is 19.7. The second kappa shape index (κ2) is 31.8. The molecule has 0 bridgehead atoms. The van der Waals surface area contributed by atoms with Crippen LogP contribution in [0.3, 0.4) is 0 Å². The van der Waals surface area contributed by atoms with Gasteiger partial charge >= 0.3 is 0 Å². The number of rotatable bonds is 22. The third-order valence-electron chi connectivity index (χ3n) is 19.3. The molecule has 2 unspecified atom stereocenters. The number of aryl methyl sites for hydroxylation is 2. The van der Waals surface area contributed by atoms with Crippen LogP contribution in [0.15, 0.2) is 109 Å². The minimum absolute atomic E-state index is 0.000556. The number of nitrogens with two attached hydrogens (primary N) is 3. The van der Waals surface area contributed by atoms with E-state index in [2.05, 4.69) is 98.7 Å². The molecule has 30 heteroatoms. The first-order valence-electron chi connectivity index (χ1n) is 36.2. The molecule has 0 saturated heterocycles. The first-order chi connectivity index (χ1) is 51.6. The van der Waals surface area contributed by atoms with Gasteiger partial charge in [-0.2, -0.15) is 54.8 Å². The zero-order valence-electron chi connectivity index (χ0n) is 61.4. The molecule has 4 aromatic heterocycles. The van der Waals surface area contributed by atoms with Gasteiger partial charge in [0, 0.05) is 87.8 Å². The highest BCUT2D eigenvalue weighted by Crippen LogP contribution is 2.60.